The Labute approximate surface area is 174 Å². The average Bonchev–Trinajstić information content (AvgIpc) is 2.70. The molecule has 1 saturated carbocycles. The molecule has 0 amide bonds. The normalized spacial score (nSPS) is 27.8. The van der Waals surface area contributed by atoms with Gasteiger partial charge in [-0.3, -0.25) is 4.79 Å². The van der Waals surface area contributed by atoms with Gasteiger partial charge in [0.25, 0.3) is 15.8 Å². The predicted molar refractivity (Wildman–Crippen MR) is 114 cm³/mol. The lowest BCUT2D eigenvalue weighted by Crippen LogP contribution is -2.52. The third-order valence-corrected chi connectivity index (χ3v) is 8.12. The lowest BCUT2D eigenvalue weighted by atomic mass is 9.86. The van der Waals surface area contributed by atoms with Crippen molar-refractivity contribution in [2.75, 3.05) is 20.7 Å². The van der Waals surface area contributed by atoms with Crippen molar-refractivity contribution in [3.8, 4) is 0 Å². The van der Waals surface area contributed by atoms with Gasteiger partial charge in [-0.1, -0.05) is 19.4 Å². The van der Waals surface area contributed by atoms with Crippen LogP contribution in [0.25, 0.3) is 0 Å². The summed E-state index contributed by atoms with van der Waals surface area (Å²) in [7, 11) is -0.584. The topological polar surface area (TPSA) is 80.6 Å². The summed E-state index contributed by atoms with van der Waals surface area (Å²) in [5.74, 6) is 0.787. The molecule has 0 spiro atoms. The fourth-order valence-corrected chi connectivity index (χ4v) is 5.37. The maximum Gasteiger partial charge on any atom is 0.279 e. The number of aryl methyl sites for hydroxylation is 2. The first-order valence-electron chi connectivity index (χ1n) is 10.7. The van der Waals surface area contributed by atoms with E-state index in [0.29, 0.717) is 25.0 Å². The van der Waals surface area contributed by atoms with Crippen molar-refractivity contribution < 1.29 is 13.2 Å². The second-order valence-electron chi connectivity index (χ2n) is 8.68. The Morgan fingerprint density at radius 2 is 1.86 bits per heavy atom. The van der Waals surface area contributed by atoms with E-state index in [9.17, 15) is 13.2 Å². The fourth-order valence-electron chi connectivity index (χ4n) is 4.50. The zero-order chi connectivity index (χ0) is 21.2. The highest BCUT2D eigenvalue weighted by atomic mass is 32.2. The van der Waals surface area contributed by atoms with Gasteiger partial charge in [0.15, 0.2) is 0 Å². The first kappa shape index (κ1) is 22.5. The number of nitrogens with zero attached hydrogens (tertiary/aromatic N) is 2. The molecule has 2 atom stereocenters. The SMILES string of the molecule is CCC1CCC(OC[C@H]2[C@@H](NS(=O)(=O)N(C)C)CCc3ccc(C)c(=O)n32)CC1. The minimum absolute atomic E-state index is 0.0560. The van der Waals surface area contributed by atoms with Crippen LogP contribution in [0.15, 0.2) is 16.9 Å². The molecule has 1 fully saturated rings. The van der Waals surface area contributed by atoms with Crippen LogP contribution in [0.2, 0.25) is 0 Å². The molecule has 2 heterocycles. The van der Waals surface area contributed by atoms with Crippen LogP contribution in [-0.2, 0) is 21.4 Å². The molecule has 1 aliphatic carbocycles. The molecule has 1 aromatic heterocycles. The highest BCUT2D eigenvalue weighted by Gasteiger charge is 2.35. The number of hydrogen-bond donors (Lipinski definition) is 1. The van der Waals surface area contributed by atoms with Gasteiger partial charge in [0.2, 0.25) is 0 Å². The van der Waals surface area contributed by atoms with Crippen molar-refractivity contribution >= 4 is 10.2 Å². The summed E-state index contributed by atoms with van der Waals surface area (Å²) < 4.78 is 36.9. The second-order valence-corrected chi connectivity index (χ2v) is 10.6. The summed E-state index contributed by atoms with van der Waals surface area (Å²) in [5.41, 5.74) is 1.56. The number of fused-ring (bicyclic) bond motifs is 1. The van der Waals surface area contributed by atoms with Crippen LogP contribution in [0.1, 0.15) is 62.7 Å². The largest absolute Gasteiger partial charge is 0.376 e. The minimum Gasteiger partial charge on any atom is -0.376 e. The van der Waals surface area contributed by atoms with Gasteiger partial charge in [-0.05, 0) is 57.4 Å². The van der Waals surface area contributed by atoms with E-state index in [0.717, 1.165) is 24.5 Å². The van der Waals surface area contributed by atoms with Crippen LogP contribution in [0.3, 0.4) is 0 Å². The first-order valence-corrected chi connectivity index (χ1v) is 12.2. The molecule has 0 bridgehead atoms. The van der Waals surface area contributed by atoms with Crippen LogP contribution in [0, 0.1) is 12.8 Å². The lowest BCUT2D eigenvalue weighted by molar-refractivity contribution is -0.00702. The van der Waals surface area contributed by atoms with Crippen LogP contribution in [0.4, 0.5) is 0 Å². The zero-order valence-corrected chi connectivity index (χ0v) is 18.9. The van der Waals surface area contributed by atoms with Crippen molar-refractivity contribution in [1.82, 2.24) is 13.6 Å². The molecule has 8 heteroatoms. The highest BCUT2D eigenvalue weighted by molar-refractivity contribution is 7.87. The predicted octanol–water partition coefficient (Wildman–Crippen LogP) is 2.39. The molecule has 164 valence electrons. The lowest BCUT2D eigenvalue weighted by Gasteiger charge is -2.37. The van der Waals surface area contributed by atoms with E-state index in [2.05, 4.69) is 11.6 Å². The Balaban J connectivity index is 1.82. The third kappa shape index (κ3) is 5.10. The Morgan fingerprint density at radius 1 is 1.17 bits per heavy atom. The van der Waals surface area contributed by atoms with Crippen LogP contribution < -0.4 is 10.3 Å². The second kappa shape index (κ2) is 9.29. The number of nitrogens with one attached hydrogen (secondary N) is 1. The molecule has 0 aromatic carbocycles. The standard InChI is InChI=1S/C21H35N3O4S/c1-5-16-7-11-18(12-8-16)28-14-20-19(22-29(26,27)23(3)4)13-10-17-9-6-15(2)21(25)24(17)20/h6,9,16,18-20,22H,5,7-8,10-14H2,1-4H3/t16?,18?,19-,20-/m0/s1. The Hall–Kier alpha value is -1.22. The summed E-state index contributed by atoms with van der Waals surface area (Å²) in [5, 5.41) is 0. The minimum atomic E-state index is -3.60. The van der Waals surface area contributed by atoms with Crippen molar-refractivity contribution in [3.63, 3.8) is 0 Å². The van der Waals surface area contributed by atoms with Crippen molar-refractivity contribution in [3.05, 3.63) is 33.7 Å². The Kier molecular flexibility index (Phi) is 7.19. The molecule has 2 aliphatic rings. The van der Waals surface area contributed by atoms with Gasteiger partial charge in [0.05, 0.1) is 18.8 Å². The molecule has 1 N–H and O–H groups in total. The van der Waals surface area contributed by atoms with Gasteiger partial charge in [0.1, 0.15) is 0 Å². The van der Waals surface area contributed by atoms with E-state index < -0.39 is 10.2 Å². The number of rotatable bonds is 7. The molecule has 0 radical (unpaired) electrons. The van der Waals surface area contributed by atoms with Crippen molar-refractivity contribution in [2.45, 2.75) is 77.0 Å². The Bertz CT molecular complexity index is 857. The number of hydrogen-bond acceptors (Lipinski definition) is 4. The van der Waals surface area contributed by atoms with Gasteiger partial charge >= 0.3 is 0 Å². The van der Waals surface area contributed by atoms with Crippen LogP contribution in [-0.4, -0.2) is 50.1 Å². The quantitative estimate of drug-likeness (QED) is 0.727. The molecule has 0 saturated heterocycles. The van der Waals surface area contributed by atoms with Gasteiger partial charge < -0.3 is 9.30 Å². The summed E-state index contributed by atoms with van der Waals surface area (Å²) in [6, 6.07) is 3.11. The number of pyridine rings is 1. The summed E-state index contributed by atoms with van der Waals surface area (Å²) >= 11 is 0. The maximum atomic E-state index is 12.9. The average molecular weight is 426 g/mol. The first-order chi connectivity index (χ1) is 13.7. The third-order valence-electron chi connectivity index (χ3n) is 6.55. The van der Waals surface area contributed by atoms with Crippen molar-refractivity contribution in [1.29, 1.82) is 0 Å². The highest BCUT2D eigenvalue weighted by Crippen LogP contribution is 2.30. The molecule has 1 aromatic rings. The van der Waals surface area contributed by atoms with E-state index in [4.69, 9.17) is 4.74 Å². The van der Waals surface area contributed by atoms with E-state index in [1.807, 2.05) is 12.1 Å². The molecule has 29 heavy (non-hydrogen) atoms. The Morgan fingerprint density at radius 3 is 2.48 bits per heavy atom. The molecule has 1 aliphatic heterocycles. The van der Waals surface area contributed by atoms with E-state index >= 15 is 0 Å². The number of ether oxygens (including phenoxy) is 1. The molecule has 3 rings (SSSR count). The van der Waals surface area contributed by atoms with Gasteiger partial charge in [0, 0.05) is 31.4 Å². The van der Waals surface area contributed by atoms with Gasteiger partial charge in [-0.15, -0.1) is 0 Å². The molecule has 7 nitrogen and oxygen atoms in total. The van der Waals surface area contributed by atoms with Crippen LogP contribution in [0.5, 0.6) is 0 Å². The number of aromatic nitrogens is 1. The van der Waals surface area contributed by atoms with E-state index in [1.165, 1.54) is 37.7 Å². The summed E-state index contributed by atoms with van der Waals surface area (Å²) in [4.78, 5) is 12.9. The van der Waals surface area contributed by atoms with Gasteiger partial charge in [-0.2, -0.15) is 17.4 Å². The zero-order valence-electron chi connectivity index (χ0n) is 18.1. The summed E-state index contributed by atoms with van der Waals surface area (Å²) in [6.07, 6.45) is 7.14. The summed E-state index contributed by atoms with van der Waals surface area (Å²) in [6.45, 7) is 4.38. The van der Waals surface area contributed by atoms with E-state index in [1.54, 1.807) is 11.5 Å². The maximum absolute atomic E-state index is 12.9. The fraction of sp³-hybridized carbons (Fsp3) is 0.762. The molecular formula is C21H35N3O4S. The monoisotopic (exact) mass is 425 g/mol. The van der Waals surface area contributed by atoms with Gasteiger partial charge in [-0.25, -0.2) is 0 Å². The molecule has 0 unspecified atom stereocenters. The smallest absolute Gasteiger partial charge is 0.279 e. The molecular weight excluding hydrogens is 390 g/mol. The van der Waals surface area contributed by atoms with E-state index in [-0.39, 0.29) is 23.7 Å². The van der Waals surface area contributed by atoms with Crippen molar-refractivity contribution in [2.24, 2.45) is 5.92 Å². The van der Waals surface area contributed by atoms with Crippen LogP contribution >= 0.6 is 0 Å².